The maximum Gasteiger partial charge on any atom is 0.250 e. The number of aldehydes is 1. The number of carbonyl (C=O) groups excluding carboxylic acids is 1. The van der Waals surface area contributed by atoms with Crippen LogP contribution in [0.5, 0.6) is 17.2 Å². The van der Waals surface area contributed by atoms with Gasteiger partial charge in [0.1, 0.15) is 5.75 Å². The number of hydrogen-bond donors (Lipinski definition) is 1. The van der Waals surface area contributed by atoms with E-state index in [9.17, 15) is 9.90 Å². The molecule has 25 heavy (non-hydrogen) atoms. The second-order valence-corrected chi connectivity index (χ2v) is 12.3. The van der Waals surface area contributed by atoms with Crippen LogP contribution in [0.25, 0.3) is 11.1 Å². The fraction of sp³-hybridized carbons (Fsp3) is 0.350. The summed E-state index contributed by atoms with van der Waals surface area (Å²) in [7, 11) is -0.430. The minimum absolute atomic E-state index is 0.0369. The normalized spacial score (nSPS) is 11.9. The smallest absolute Gasteiger partial charge is 0.250 e. The lowest BCUT2D eigenvalue weighted by atomic mass is 9.98. The Morgan fingerprint density at radius 3 is 2.12 bits per heavy atom. The molecule has 2 rings (SSSR count). The zero-order valence-electron chi connectivity index (χ0n) is 15.7. The topological polar surface area (TPSA) is 55.8 Å². The van der Waals surface area contributed by atoms with E-state index in [2.05, 4.69) is 33.9 Å². The van der Waals surface area contributed by atoms with Crippen molar-refractivity contribution < 1.29 is 19.1 Å². The first-order valence-corrected chi connectivity index (χ1v) is 11.2. The molecule has 0 bridgehead atoms. The van der Waals surface area contributed by atoms with Crippen LogP contribution in [0.15, 0.2) is 36.4 Å². The molecule has 0 aliphatic heterocycles. The second kappa shape index (κ2) is 6.92. The van der Waals surface area contributed by atoms with E-state index >= 15 is 0 Å². The van der Waals surface area contributed by atoms with Crippen LogP contribution in [0.2, 0.25) is 18.1 Å². The molecule has 0 saturated carbocycles. The summed E-state index contributed by atoms with van der Waals surface area (Å²) in [6.45, 7) is 11.0. The van der Waals surface area contributed by atoms with E-state index in [4.69, 9.17) is 9.16 Å². The quantitative estimate of drug-likeness (QED) is 0.585. The fourth-order valence-electron chi connectivity index (χ4n) is 2.29. The minimum atomic E-state index is -1.91. The van der Waals surface area contributed by atoms with Gasteiger partial charge in [0, 0.05) is 11.1 Å². The van der Waals surface area contributed by atoms with Gasteiger partial charge in [-0.2, -0.15) is 0 Å². The first kappa shape index (κ1) is 19.1. The maximum absolute atomic E-state index is 11.3. The minimum Gasteiger partial charge on any atom is -0.544 e. The van der Waals surface area contributed by atoms with Crippen molar-refractivity contribution in [2.45, 2.75) is 38.9 Å². The predicted molar refractivity (Wildman–Crippen MR) is 103 cm³/mol. The zero-order chi connectivity index (χ0) is 18.8. The predicted octanol–water partition coefficient (Wildman–Crippen LogP) is 5.26. The van der Waals surface area contributed by atoms with Gasteiger partial charge in [0.05, 0.1) is 7.11 Å². The van der Waals surface area contributed by atoms with E-state index in [0.29, 0.717) is 16.9 Å². The molecule has 1 N–H and O–H groups in total. The third-order valence-corrected chi connectivity index (χ3v) is 9.20. The van der Waals surface area contributed by atoms with Crippen LogP contribution in [-0.2, 0) is 0 Å². The maximum atomic E-state index is 11.3. The standard InChI is InChI=1S/C20H26O4Si/c1-20(2,3)25(5,6)24-16-10-7-14(8-11-16)18-15(13-21)9-12-17(23-4)19(18)22/h7-13,22H,1-6H3. The molecule has 0 radical (unpaired) electrons. The van der Waals surface area contributed by atoms with Gasteiger partial charge in [-0.1, -0.05) is 32.9 Å². The van der Waals surface area contributed by atoms with E-state index < -0.39 is 8.32 Å². The zero-order valence-corrected chi connectivity index (χ0v) is 16.7. The van der Waals surface area contributed by atoms with E-state index in [-0.39, 0.29) is 10.8 Å². The fourth-order valence-corrected chi connectivity index (χ4v) is 3.32. The van der Waals surface area contributed by atoms with Gasteiger partial charge in [0.25, 0.3) is 0 Å². The second-order valence-electron chi connectivity index (χ2n) is 7.59. The van der Waals surface area contributed by atoms with Gasteiger partial charge in [-0.25, -0.2) is 0 Å². The number of carbonyl (C=O) groups is 1. The number of rotatable bonds is 5. The summed E-state index contributed by atoms with van der Waals surface area (Å²) in [5.74, 6) is 1.10. The largest absolute Gasteiger partial charge is 0.544 e. The molecule has 0 amide bonds. The molecule has 5 heteroatoms. The van der Waals surface area contributed by atoms with Crippen LogP contribution in [-0.4, -0.2) is 26.8 Å². The van der Waals surface area contributed by atoms with Crippen molar-refractivity contribution in [2.24, 2.45) is 0 Å². The van der Waals surface area contributed by atoms with Crippen LogP contribution in [0.4, 0.5) is 0 Å². The summed E-state index contributed by atoms with van der Waals surface area (Å²) in [4.78, 5) is 11.3. The van der Waals surface area contributed by atoms with Gasteiger partial charge in [-0.15, -0.1) is 0 Å². The van der Waals surface area contributed by atoms with Crippen LogP contribution < -0.4 is 9.16 Å². The Hall–Kier alpha value is -2.27. The van der Waals surface area contributed by atoms with Crippen LogP contribution in [0, 0.1) is 0 Å². The van der Waals surface area contributed by atoms with Crippen molar-refractivity contribution in [1.82, 2.24) is 0 Å². The molecular formula is C20H26O4Si. The molecule has 4 nitrogen and oxygen atoms in total. The number of hydrogen-bond acceptors (Lipinski definition) is 4. The molecule has 134 valence electrons. The third kappa shape index (κ3) is 3.87. The van der Waals surface area contributed by atoms with Crippen molar-refractivity contribution in [3.63, 3.8) is 0 Å². The highest BCUT2D eigenvalue weighted by molar-refractivity contribution is 6.74. The van der Waals surface area contributed by atoms with Gasteiger partial charge in [-0.05, 0) is 48.0 Å². The summed E-state index contributed by atoms with van der Waals surface area (Å²) in [6, 6.07) is 10.7. The number of aromatic hydroxyl groups is 1. The van der Waals surface area contributed by atoms with Crippen LogP contribution >= 0.6 is 0 Å². The summed E-state index contributed by atoms with van der Waals surface area (Å²) in [6.07, 6.45) is 0.731. The van der Waals surface area contributed by atoms with Crippen molar-refractivity contribution in [2.75, 3.05) is 7.11 Å². The molecule has 2 aromatic rings. The Balaban J connectivity index is 2.40. The number of phenols is 1. The summed E-state index contributed by atoms with van der Waals surface area (Å²) in [5, 5.41) is 10.5. The molecule has 0 heterocycles. The van der Waals surface area contributed by atoms with Gasteiger partial charge < -0.3 is 14.3 Å². The van der Waals surface area contributed by atoms with E-state index in [0.717, 1.165) is 17.6 Å². The van der Waals surface area contributed by atoms with Crippen LogP contribution in [0.3, 0.4) is 0 Å². The van der Waals surface area contributed by atoms with Crippen LogP contribution in [0.1, 0.15) is 31.1 Å². The van der Waals surface area contributed by atoms with Crippen molar-refractivity contribution in [3.05, 3.63) is 42.0 Å². The molecular weight excluding hydrogens is 332 g/mol. The van der Waals surface area contributed by atoms with Gasteiger partial charge in [-0.3, -0.25) is 4.79 Å². The number of phenolic OH excluding ortho intramolecular Hbond substituents is 1. The molecule has 0 saturated heterocycles. The molecule has 0 aromatic heterocycles. The molecule has 0 aliphatic carbocycles. The summed E-state index contributed by atoms with van der Waals surface area (Å²) >= 11 is 0. The summed E-state index contributed by atoms with van der Waals surface area (Å²) < 4.78 is 11.4. The highest BCUT2D eigenvalue weighted by atomic mass is 28.4. The first-order chi connectivity index (χ1) is 11.6. The molecule has 0 unspecified atom stereocenters. The van der Waals surface area contributed by atoms with Gasteiger partial charge >= 0.3 is 0 Å². The monoisotopic (exact) mass is 358 g/mol. The Morgan fingerprint density at radius 2 is 1.64 bits per heavy atom. The van der Waals surface area contributed by atoms with E-state index in [1.807, 2.05) is 24.3 Å². The average molecular weight is 359 g/mol. The Bertz CT molecular complexity index is 759. The SMILES string of the molecule is COc1ccc(C=O)c(-c2ccc(O[Si](C)(C)C(C)(C)C)cc2)c1O. The van der Waals surface area contributed by atoms with Gasteiger partial charge in [0.2, 0.25) is 8.32 Å². The Kier molecular flexibility index (Phi) is 5.27. The lowest BCUT2D eigenvalue weighted by Gasteiger charge is -2.36. The molecule has 0 spiro atoms. The summed E-state index contributed by atoms with van der Waals surface area (Å²) in [5.41, 5.74) is 1.62. The molecule has 0 fully saturated rings. The number of methoxy groups -OCH3 is 1. The first-order valence-electron chi connectivity index (χ1n) is 8.25. The number of ether oxygens (including phenoxy) is 1. The third-order valence-electron chi connectivity index (χ3n) is 4.84. The highest BCUT2D eigenvalue weighted by Crippen LogP contribution is 2.41. The van der Waals surface area contributed by atoms with Crippen molar-refractivity contribution in [1.29, 1.82) is 0 Å². The number of benzene rings is 2. The Labute approximate surface area is 150 Å². The molecule has 0 aliphatic rings. The lowest BCUT2D eigenvalue weighted by Crippen LogP contribution is -2.43. The molecule has 2 aromatic carbocycles. The average Bonchev–Trinajstić information content (AvgIpc) is 2.54. The highest BCUT2D eigenvalue weighted by Gasteiger charge is 2.38. The van der Waals surface area contributed by atoms with E-state index in [1.165, 1.54) is 7.11 Å². The molecule has 0 atom stereocenters. The van der Waals surface area contributed by atoms with E-state index in [1.54, 1.807) is 12.1 Å². The Morgan fingerprint density at radius 1 is 1.04 bits per heavy atom. The van der Waals surface area contributed by atoms with Crippen molar-refractivity contribution >= 4 is 14.6 Å². The lowest BCUT2D eigenvalue weighted by molar-refractivity contribution is 0.112. The van der Waals surface area contributed by atoms with Gasteiger partial charge in [0.15, 0.2) is 17.8 Å². The van der Waals surface area contributed by atoms with Crippen molar-refractivity contribution in [3.8, 4) is 28.4 Å².